The van der Waals surface area contributed by atoms with Crippen LogP contribution in [0.3, 0.4) is 0 Å². The van der Waals surface area contributed by atoms with Crippen LogP contribution in [-0.4, -0.2) is 56.1 Å². The number of rotatable bonds is 7. The zero-order valence-corrected chi connectivity index (χ0v) is 14.8. The lowest BCUT2D eigenvalue weighted by Gasteiger charge is -2.32. The molecule has 1 saturated carbocycles. The highest BCUT2D eigenvalue weighted by molar-refractivity contribution is 5.98. The first-order chi connectivity index (χ1) is 12.2. The second-order valence-corrected chi connectivity index (χ2v) is 6.95. The summed E-state index contributed by atoms with van der Waals surface area (Å²) in [4.78, 5) is 26.7. The molecule has 25 heavy (non-hydrogen) atoms. The van der Waals surface area contributed by atoms with Gasteiger partial charge in [0.25, 0.3) is 5.91 Å². The Morgan fingerprint density at radius 3 is 2.88 bits per heavy atom. The van der Waals surface area contributed by atoms with Gasteiger partial charge in [0.05, 0.1) is 6.61 Å². The third-order valence-electron chi connectivity index (χ3n) is 4.79. The number of hydrogen-bond donors (Lipinski definition) is 2. The van der Waals surface area contributed by atoms with E-state index in [1.165, 1.54) is 0 Å². The molecule has 2 amide bonds. The lowest BCUT2D eigenvalue weighted by molar-refractivity contribution is -0.117. The minimum atomic E-state index is -0.0823. The molecule has 1 aliphatic carbocycles. The molecule has 6 heteroatoms. The fourth-order valence-electron chi connectivity index (χ4n) is 3.19. The first-order valence-electron chi connectivity index (χ1n) is 9.09. The van der Waals surface area contributed by atoms with Crippen molar-refractivity contribution in [3.8, 4) is 0 Å². The van der Waals surface area contributed by atoms with Gasteiger partial charge < -0.3 is 15.4 Å². The van der Waals surface area contributed by atoms with E-state index >= 15 is 0 Å². The molecule has 1 aliphatic heterocycles. The quantitative estimate of drug-likeness (QED) is 0.791. The maximum Gasteiger partial charge on any atom is 0.251 e. The van der Waals surface area contributed by atoms with Crippen molar-refractivity contribution < 1.29 is 14.3 Å². The fraction of sp³-hybridized carbons (Fsp3) is 0.579. The van der Waals surface area contributed by atoms with E-state index in [1.54, 1.807) is 19.2 Å². The second-order valence-electron chi connectivity index (χ2n) is 6.95. The van der Waals surface area contributed by atoms with E-state index in [9.17, 15) is 9.59 Å². The number of likely N-dealkylation sites (tertiary alicyclic amines) is 1. The smallest absolute Gasteiger partial charge is 0.251 e. The third kappa shape index (κ3) is 5.28. The molecule has 2 N–H and O–H groups in total. The van der Waals surface area contributed by atoms with Gasteiger partial charge in [0, 0.05) is 43.4 Å². The molecule has 1 aromatic rings. The van der Waals surface area contributed by atoms with Gasteiger partial charge in [-0.1, -0.05) is 6.07 Å². The number of carbonyl (C=O) groups is 2. The van der Waals surface area contributed by atoms with Gasteiger partial charge in [0.15, 0.2) is 0 Å². The first kappa shape index (κ1) is 17.9. The van der Waals surface area contributed by atoms with E-state index in [0.29, 0.717) is 17.9 Å². The van der Waals surface area contributed by atoms with Crippen molar-refractivity contribution in [2.75, 3.05) is 38.7 Å². The van der Waals surface area contributed by atoms with Crippen molar-refractivity contribution in [2.24, 2.45) is 5.92 Å². The van der Waals surface area contributed by atoms with Crippen LogP contribution in [0.25, 0.3) is 0 Å². The lowest BCUT2D eigenvalue weighted by Crippen LogP contribution is -2.48. The summed E-state index contributed by atoms with van der Waals surface area (Å²) in [5.41, 5.74) is 1.28. The van der Waals surface area contributed by atoms with Gasteiger partial charge in [0.2, 0.25) is 5.91 Å². The highest BCUT2D eigenvalue weighted by atomic mass is 16.5. The number of benzene rings is 1. The van der Waals surface area contributed by atoms with Gasteiger partial charge >= 0.3 is 0 Å². The van der Waals surface area contributed by atoms with Crippen LogP contribution >= 0.6 is 0 Å². The highest BCUT2D eigenvalue weighted by Crippen LogP contribution is 2.30. The predicted octanol–water partition coefficient (Wildman–Crippen LogP) is 1.88. The molecular formula is C19H27N3O3. The molecule has 0 bridgehead atoms. The van der Waals surface area contributed by atoms with Crippen LogP contribution < -0.4 is 10.6 Å². The number of amides is 2. The zero-order valence-electron chi connectivity index (χ0n) is 14.8. The Morgan fingerprint density at radius 1 is 1.28 bits per heavy atom. The van der Waals surface area contributed by atoms with Crippen LogP contribution in [-0.2, 0) is 9.53 Å². The van der Waals surface area contributed by atoms with Gasteiger partial charge in [-0.05, 0) is 50.4 Å². The number of hydrogen-bond acceptors (Lipinski definition) is 4. The number of nitrogens with one attached hydrogen (secondary N) is 2. The first-order valence-corrected chi connectivity index (χ1v) is 9.09. The van der Waals surface area contributed by atoms with Gasteiger partial charge in [-0.2, -0.15) is 0 Å². The molecule has 1 heterocycles. The Labute approximate surface area is 148 Å². The van der Waals surface area contributed by atoms with Crippen molar-refractivity contribution in [1.82, 2.24) is 10.2 Å². The van der Waals surface area contributed by atoms with Crippen molar-refractivity contribution in [2.45, 2.75) is 31.7 Å². The lowest BCUT2D eigenvalue weighted by atomic mass is 10.0. The average molecular weight is 345 g/mol. The molecule has 136 valence electrons. The molecule has 1 aromatic carbocycles. The number of anilines is 1. The molecular weight excluding hydrogens is 318 g/mol. The zero-order chi connectivity index (χ0) is 17.6. The summed E-state index contributed by atoms with van der Waals surface area (Å²) in [6.07, 6.45) is 4.00. The topological polar surface area (TPSA) is 70.7 Å². The van der Waals surface area contributed by atoms with Crippen LogP contribution in [0.15, 0.2) is 24.3 Å². The summed E-state index contributed by atoms with van der Waals surface area (Å²) in [6.45, 7) is 3.51. The number of carbonyl (C=O) groups excluding carboxylic acids is 2. The fourth-order valence-corrected chi connectivity index (χ4v) is 3.19. The molecule has 6 nitrogen and oxygen atoms in total. The Kier molecular flexibility index (Phi) is 6.04. The van der Waals surface area contributed by atoms with Gasteiger partial charge in [-0.25, -0.2) is 0 Å². The molecule has 3 rings (SSSR count). The van der Waals surface area contributed by atoms with Crippen LogP contribution in [0.4, 0.5) is 5.69 Å². The summed E-state index contributed by atoms with van der Waals surface area (Å²) in [7, 11) is 1.71. The molecule has 2 aliphatic rings. The largest absolute Gasteiger partial charge is 0.383 e. The van der Waals surface area contributed by atoms with Crippen molar-refractivity contribution in [3.63, 3.8) is 0 Å². The molecule has 1 saturated heterocycles. The maximum atomic E-state index is 12.6. The van der Waals surface area contributed by atoms with E-state index in [-0.39, 0.29) is 23.8 Å². The average Bonchev–Trinajstić information content (AvgIpc) is 3.46. The van der Waals surface area contributed by atoms with Crippen molar-refractivity contribution in [1.29, 1.82) is 0 Å². The standard InChI is InChI=1S/C19H27N3O3/c1-25-11-10-22-9-3-6-17(13-22)21-19(24)15-4-2-5-16(12-15)20-18(23)14-7-8-14/h2,4-5,12,14,17H,3,6-11,13H2,1H3,(H,20,23)(H,21,24). The number of piperidine rings is 1. The Balaban J connectivity index is 1.54. The minimum absolute atomic E-state index is 0.0543. The normalized spacial score (nSPS) is 20.9. The SMILES string of the molecule is COCCN1CCCC(NC(=O)c2cccc(NC(=O)C3CC3)c2)C1. The summed E-state index contributed by atoms with van der Waals surface area (Å²) in [5.74, 6) is 0.123. The molecule has 0 radical (unpaired) electrons. The molecule has 1 atom stereocenters. The minimum Gasteiger partial charge on any atom is -0.383 e. The highest BCUT2D eigenvalue weighted by Gasteiger charge is 2.29. The van der Waals surface area contributed by atoms with E-state index in [0.717, 1.165) is 45.3 Å². The Bertz CT molecular complexity index is 616. The maximum absolute atomic E-state index is 12.6. The Morgan fingerprint density at radius 2 is 2.12 bits per heavy atom. The molecule has 2 fully saturated rings. The number of methoxy groups -OCH3 is 1. The van der Waals surface area contributed by atoms with E-state index < -0.39 is 0 Å². The Hall–Kier alpha value is -1.92. The predicted molar refractivity (Wildman–Crippen MR) is 96.6 cm³/mol. The molecule has 1 unspecified atom stereocenters. The van der Waals surface area contributed by atoms with E-state index in [2.05, 4.69) is 15.5 Å². The van der Waals surface area contributed by atoms with Crippen LogP contribution in [0.1, 0.15) is 36.0 Å². The van der Waals surface area contributed by atoms with Crippen LogP contribution in [0.5, 0.6) is 0 Å². The number of nitrogens with zero attached hydrogens (tertiary/aromatic N) is 1. The van der Waals surface area contributed by atoms with Crippen LogP contribution in [0, 0.1) is 5.92 Å². The van der Waals surface area contributed by atoms with Crippen LogP contribution in [0.2, 0.25) is 0 Å². The second kappa shape index (κ2) is 8.45. The van der Waals surface area contributed by atoms with Gasteiger partial charge in [0.1, 0.15) is 0 Å². The number of ether oxygens (including phenoxy) is 1. The third-order valence-corrected chi connectivity index (χ3v) is 4.79. The van der Waals surface area contributed by atoms with Crippen molar-refractivity contribution >= 4 is 17.5 Å². The van der Waals surface area contributed by atoms with Gasteiger partial charge in [-0.15, -0.1) is 0 Å². The summed E-state index contributed by atoms with van der Waals surface area (Å²) in [5, 5.41) is 6.02. The summed E-state index contributed by atoms with van der Waals surface area (Å²) >= 11 is 0. The van der Waals surface area contributed by atoms with E-state index in [4.69, 9.17) is 4.74 Å². The summed E-state index contributed by atoms with van der Waals surface area (Å²) in [6, 6.07) is 7.32. The van der Waals surface area contributed by atoms with Crippen molar-refractivity contribution in [3.05, 3.63) is 29.8 Å². The molecule has 0 aromatic heterocycles. The molecule has 0 spiro atoms. The van der Waals surface area contributed by atoms with E-state index in [1.807, 2.05) is 12.1 Å². The summed E-state index contributed by atoms with van der Waals surface area (Å²) < 4.78 is 5.13. The monoisotopic (exact) mass is 345 g/mol. The van der Waals surface area contributed by atoms with Gasteiger partial charge in [-0.3, -0.25) is 14.5 Å².